The van der Waals surface area contributed by atoms with Gasteiger partial charge in [-0.15, -0.1) is 0 Å². The van der Waals surface area contributed by atoms with Crippen molar-refractivity contribution in [3.05, 3.63) is 0 Å². The first-order valence-corrected chi connectivity index (χ1v) is 8.68. The van der Waals surface area contributed by atoms with Crippen LogP contribution in [0.5, 0.6) is 0 Å². The Bertz CT molecular complexity index is 237. The molecule has 0 spiro atoms. The van der Waals surface area contributed by atoms with Gasteiger partial charge in [-0.2, -0.15) is 0 Å². The highest BCUT2D eigenvalue weighted by atomic mass is 16.5. The van der Waals surface area contributed by atoms with Crippen molar-refractivity contribution in [1.82, 2.24) is 5.32 Å². The van der Waals surface area contributed by atoms with Crippen LogP contribution in [0, 0.1) is 11.8 Å². The average Bonchev–Trinajstić information content (AvgIpc) is 2.92. The summed E-state index contributed by atoms with van der Waals surface area (Å²) in [6.07, 6.45) is 12.9. The molecule has 1 aliphatic carbocycles. The lowest BCUT2D eigenvalue weighted by Gasteiger charge is -2.37. The summed E-state index contributed by atoms with van der Waals surface area (Å²) < 4.78 is 5.79. The number of hydrogen-bond donors (Lipinski definition) is 1. The summed E-state index contributed by atoms with van der Waals surface area (Å²) in [5.74, 6) is 1.89. The Hall–Kier alpha value is -0.0800. The quantitative estimate of drug-likeness (QED) is 0.748. The van der Waals surface area contributed by atoms with Gasteiger partial charge in [0.05, 0.1) is 6.10 Å². The molecule has 0 bridgehead atoms. The average molecular weight is 267 g/mol. The topological polar surface area (TPSA) is 21.3 Å². The summed E-state index contributed by atoms with van der Waals surface area (Å²) in [6.45, 7) is 6.71. The summed E-state index contributed by atoms with van der Waals surface area (Å²) in [7, 11) is 0. The second-order valence-electron chi connectivity index (χ2n) is 6.60. The molecule has 0 aromatic carbocycles. The normalized spacial score (nSPS) is 35.7. The molecule has 4 atom stereocenters. The maximum absolute atomic E-state index is 5.79. The van der Waals surface area contributed by atoms with Gasteiger partial charge >= 0.3 is 0 Å². The van der Waals surface area contributed by atoms with Crippen LogP contribution in [0.1, 0.15) is 71.6 Å². The molecule has 2 aliphatic rings. The summed E-state index contributed by atoms with van der Waals surface area (Å²) >= 11 is 0. The maximum atomic E-state index is 5.79. The van der Waals surface area contributed by atoms with Crippen molar-refractivity contribution in [3.8, 4) is 0 Å². The molecule has 2 heteroatoms. The Balaban J connectivity index is 1.79. The molecule has 19 heavy (non-hydrogen) atoms. The van der Waals surface area contributed by atoms with E-state index < -0.39 is 0 Å². The van der Waals surface area contributed by atoms with E-state index in [0.717, 1.165) is 31.0 Å². The fourth-order valence-electron chi connectivity index (χ4n) is 4.15. The van der Waals surface area contributed by atoms with Gasteiger partial charge < -0.3 is 10.1 Å². The Labute approximate surface area is 119 Å². The molecule has 2 nitrogen and oxygen atoms in total. The molecule has 4 unspecified atom stereocenters. The van der Waals surface area contributed by atoms with Crippen LogP contribution >= 0.6 is 0 Å². The van der Waals surface area contributed by atoms with Gasteiger partial charge in [0.1, 0.15) is 0 Å². The van der Waals surface area contributed by atoms with Crippen molar-refractivity contribution in [2.24, 2.45) is 11.8 Å². The first kappa shape index (κ1) is 15.3. The summed E-state index contributed by atoms with van der Waals surface area (Å²) in [6, 6.07) is 0.777. The minimum Gasteiger partial charge on any atom is -0.378 e. The molecule has 1 N–H and O–H groups in total. The molecular weight excluding hydrogens is 234 g/mol. The van der Waals surface area contributed by atoms with Gasteiger partial charge in [0.25, 0.3) is 0 Å². The van der Waals surface area contributed by atoms with E-state index in [2.05, 4.69) is 19.2 Å². The number of rotatable bonds is 7. The summed E-state index contributed by atoms with van der Waals surface area (Å²) in [5, 5.41) is 3.73. The highest BCUT2D eigenvalue weighted by Gasteiger charge is 2.30. The predicted molar refractivity (Wildman–Crippen MR) is 81.4 cm³/mol. The van der Waals surface area contributed by atoms with Crippen molar-refractivity contribution >= 4 is 0 Å². The molecule has 0 aromatic heterocycles. The third-order valence-electron chi connectivity index (χ3n) is 5.14. The highest BCUT2D eigenvalue weighted by Crippen LogP contribution is 2.35. The van der Waals surface area contributed by atoms with Gasteiger partial charge in [-0.05, 0) is 63.3 Å². The molecule has 0 amide bonds. The smallest absolute Gasteiger partial charge is 0.0576 e. The lowest BCUT2D eigenvalue weighted by Crippen LogP contribution is -2.40. The zero-order valence-corrected chi connectivity index (χ0v) is 13.0. The van der Waals surface area contributed by atoms with Crippen LogP contribution in [-0.2, 0) is 4.74 Å². The summed E-state index contributed by atoms with van der Waals surface area (Å²) in [5.41, 5.74) is 0. The van der Waals surface area contributed by atoms with Crippen LogP contribution in [0.15, 0.2) is 0 Å². The molecule has 1 saturated carbocycles. The number of hydrogen-bond acceptors (Lipinski definition) is 2. The molecule has 1 aliphatic heterocycles. The first-order chi connectivity index (χ1) is 9.33. The van der Waals surface area contributed by atoms with E-state index in [4.69, 9.17) is 4.74 Å². The predicted octanol–water partition coefficient (Wildman–Crippen LogP) is 4.14. The van der Waals surface area contributed by atoms with Crippen LogP contribution in [0.3, 0.4) is 0 Å². The van der Waals surface area contributed by atoms with E-state index in [1.807, 2.05) is 0 Å². The molecule has 0 aromatic rings. The van der Waals surface area contributed by atoms with Crippen molar-refractivity contribution in [3.63, 3.8) is 0 Å². The first-order valence-electron chi connectivity index (χ1n) is 8.68. The molecular formula is C17H33NO. The van der Waals surface area contributed by atoms with Crippen molar-refractivity contribution in [2.45, 2.75) is 83.8 Å². The van der Waals surface area contributed by atoms with E-state index >= 15 is 0 Å². The molecule has 112 valence electrons. The van der Waals surface area contributed by atoms with Gasteiger partial charge in [-0.3, -0.25) is 0 Å². The zero-order valence-electron chi connectivity index (χ0n) is 13.0. The van der Waals surface area contributed by atoms with E-state index in [0.29, 0.717) is 6.10 Å². The van der Waals surface area contributed by atoms with Crippen LogP contribution in [0.4, 0.5) is 0 Å². The van der Waals surface area contributed by atoms with Crippen molar-refractivity contribution in [2.75, 3.05) is 13.2 Å². The molecule has 0 radical (unpaired) electrons. The summed E-state index contributed by atoms with van der Waals surface area (Å²) in [4.78, 5) is 0. The van der Waals surface area contributed by atoms with Gasteiger partial charge in [0.2, 0.25) is 0 Å². The van der Waals surface area contributed by atoms with Gasteiger partial charge in [-0.1, -0.05) is 26.7 Å². The van der Waals surface area contributed by atoms with E-state index in [1.165, 1.54) is 57.8 Å². The van der Waals surface area contributed by atoms with Crippen molar-refractivity contribution in [1.29, 1.82) is 0 Å². The van der Waals surface area contributed by atoms with Gasteiger partial charge in [0.15, 0.2) is 0 Å². The minimum absolute atomic E-state index is 0.578. The fourth-order valence-corrected chi connectivity index (χ4v) is 4.15. The monoisotopic (exact) mass is 267 g/mol. The maximum Gasteiger partial charge on any atom is 0.0576 e. The molecule has 2 fully saturated rings. The standard InChI is InChI=1S/C17H33NO/c1-3-6-14-8-11-17(18-4-2)15(13-14)9-10-16-7-5-12-19-16/h14-18H,3-13H2,1-2H3. The lowest BCUT2D eigenvalue weighted by molar-refractivity contribution is 0.0884. The SMILES string of the molecule is CCCC1CCC(NCC)C(CCC2CCCO2)C1. The largest absolute Gasteiger partial charge is 0.378 e. The Morgan fingerprint density at radius 2 is 1.95 bits per heavy atom. The van der Waals surface area contributed by atoms with Crippen LogP contribution in [0.2, 0.25) is 0 Å². The molecule has 2 rings (SSSR count). The minimum atomic E-state index is 0.578. The third kappa shape index (κ3) is 4.75. The van der Waals surface area contributed by atoms with Crippen LogP contribution in [-0.4, -0.2) is 25.3 Å². The fraction of sp³-hybridized carbons (Fsp3) is 1.00. The van der Waals surface area contributed by atoms with E-state index in [9.17, 15) is 0 Å². The van der Waals surface area contributed by atoms with E-state index in [1.54, 1.807) is 0 Å². The number of nitrogens with one attached hydrogen (secondary N) is 1. The zero-order chi connectivity index (χ0) is 13.5. The second kappa shape index (κ2) is 8.26. The lowest BCUT2D eigenvalue weighted by atomic mass is 9.74. The second-order valence-corrected chi connectivity index (χ2v) is 6.60. The Morgan fingerprint density at radius 3 is 2.63 bits per heavy atom. The van der Waals surface area contributed by atoms with Crippen LogP contribution in [0.25, 0.3) is 0 Å². The highest BCUT2D eigenvalue weighted by molar-refractivity contribution is 4.85. The Morgan fingerprint density at radius 1 is 1.05 bits per heavy atom. The number of ether oxygens (including phenoxy) is 1. The van der Waals surface area contributed by atoms with E-state index in [-0.39, 0.29) is 0 Å². The molecule has 1 saturated heterocycles. The van der Waals surface area contributed by atoms with Gasteiger partial charge in [-0.25, -0.2) is 0 Å². The third-order valence-corrected chi connectivity index (χ3v) is 5.14. The van der Waals surface area contributed by atoms with Gasteiger partial charge in [0, 0.05) is 12.6 Å². The van der Waals surface area contributed by atoms with Crippen molar-refractivity contribution < 1.29 is 4.74 Å². The molecule has 1 heterocycles. The van der Waals surface area contributed by atoms with Crippen LogP contribution < -0.4 is 5.32 Å². The Kier molecular flexibility index (Phi) is 6.66.